The van der Waals surface area contributed by atoms with E-state index in [1.165, 1.54) is 0 Å². The molecule has 1 aromatic heterocycles. The number of fused-ring (bicyclic) bond motifs is 1. The number of hydrogen-bond donors (Lipinski definition) is 3. The average molecular weight is 347 g/mol. The third-order valence-electron chi connectivity index (χ3n) is 4.71. The van der Waals surface area contributed by atoms with E-state index in [9.17, 15) is 9.90 Å². The fraction of sp³-hybridized carbons (Fsp3) is 0.500. The number of aliphatic hydroxyl groups is 1. The van der Waals surface area contributed by atoms with Gasteiger partial charge in [0.05, 0.1) is 19.8 Å². The van der Waals surface area contributed by atoms with Crippen LogP contribution in [-0.4, -0.2) is 83.5 Å². The molecule has 3 rings (SSSR count). The zero-order valence-corrected chi connectivity index (χ0v) is 14.2. The van der Waals surface area contributed by atoms with Gasteiger partial charge in [-0.3, -0.25) is 14.6 Å². The van der Waals surface area contributed by atoms with Gasteiger partial charge in [0, 0.05) is 55.4 Å². The van der Waals surface area contributed by atoms with Crippen molar-refractivity contribution in [2.75, 3.05) is 52.5 Å². The van der Waals surface area contributed by atoms with E-state index in [4.69, 9.17) is 9.84 Å². The summed E-state index contributed by atoms with van der Waals surface area (Å²) in [5.74, 6) is -0.815. The number of aliphatic carboxylic acids is 1. The van der Waals surface area contributed by atoms with Crippen LogP contribution in [0.15, 0.2) is 30.5 Å². The number of piperazine rings is 1. The van der Waals surface area contributed by atoms with Gasteiger partial charge < -0.3 is 19.9 Å². The summed E-state index contributed by atoms with van der Waals surface area (Å²) >= 11 is 0. The highest BCUT2D eigenvalue weighted by molar-refractivity contribution is 5.89. The van der Waals surface area contributed by atoms with E-state index < -0.39 is 12.0 Å². The number of rotatable bonds is 8. The van der Waals surface area contributed by atoms with Crippen LogP contribution >= 0.6 is 0 Å². The van der Waals surface area contributed by atoms with E-state index in [0.29, 0.717) is 26.3 Å². The molecule has 0 amide bonds. The molecule has 0 radical (unpaired) electrons. The lowest BCUT2D eigenvalue weighted by molar-refractivity contribution is -0.144. The molecule has 25 heavy (non-hydrogen) atoms. The highest BCUT2D eigenvalue weighted by Crippen LogP contribution is 2.29. The predicted octanol–water partition coefficient (Wildman–Crippen LogP) is 0.920. The molecule has 2 heterocycles. The first-order valence-electron chi connectivity index (χ1n) is 8.64. The van der Waals surface area contributed by atoms with Crippen LogP contribution in [0.25, 0.3) is 10.9 Å². The van der Waals surface area contributed by atoms with Gasteiger partial charge in [0.25, 0.3) is 0 Å². The summed E-state index contributed by atoms with van der Waals surface area (Å²) in [6, 6.07) is 7.16. The largest absolute Gasteiger partial charge is 0.480 e. The molecule has 0 saturated carbocycles. The van der Waals surface area contributed by atoms with Crippen LogP contribution in [0, 0.1) is 0 Å². The summed E-state index contributed by atoms with van der Waals surface area (Å²) in [5.41, 5.74) is 1.78. The van der Waals surface area contributed by atoms with Crippen LogP contribution < -0.4 is 0 Å². The van der Waals surface area contributed by atoms with Crippen molar-refractivity contribution < 1.29 is 19.7 Å². The number of H-pyrrole nitrogens is 1. The number of nitrogens with zero attached hydrogens (tertiary/aromatic N) is 2. The standard InChI is InChI=1S/C18H25N3O4/c22-10-12-25-11-9-20-5-7-21(8-6-20)17(18(23)24)15-13-19-16-4-2-1-3-14(15)16/h1-4,13,17,19,22H,5-12H2,(H,23,24). The number of para-hydroxylation sites is 1. The monoisotopic (exact) mass is 347 g/mol. The molecule has 1 aromatic carbocycles. The van der Waals surface area contributed by atoms with Gasteiger partial charge in [-0.15, -0.1) is 0 Å². The zero-order valence-electron chi connectivity index (χ0n) is 14.2. The van der Waals surface area contributed by atoms with Crippen LogP contribution in [0.3, 0.4) is 0 Å². The molecule has 7 heteroatoms. The number of benzene rings is 1. The highest BCUT2D eigenvalue weighted by Gasteiger charge is 2.31. The maximum absolute atomic E-state index is 12.0. The van der Waals surface area contributed by atoms with Crippen molar-refractivity contribution in [1.29, 1.82) is 0 Å². The van der Waals surface area contributed by atoms with Crippen molar-refractivity contribution >= 4 is 16.9 Å². The number of hydrogen-bond acceptors (Lipinski definition) is 5. The molecule has 0 bridgehead atoms. The quantitative estimate of drug-likeness (QED) is 0.616. The summed E-state index contributed by atoms with van der Waals surface area (Å²) in [4.78, 5) is 19.4. The first-order chi connectivity index (χ1) is 12.2. The van der Waals surface area contributed by atoms with Gasteiger partial charge >= 0.3 is 5.97 Å². The zero-order chi connectivity index (χ0) is 17.6. The first kappa shape index (κ1) is 17.9. The number of nitrogens with one attached hydrogen (secondary N) is 1. The molecule has 1 aliphatic rings. The lowest BCUT2D eigenvalue weighted by Crippen LogP contribution is -2.49. The summed E-state index contributed by atoms with van der Waals surface area (Å²) in [6.45, 7) is 4.83. The Balaban J connectivity index is 1.64. The van der Waals surface area contributed by atoms with E-state index >= 15 is 0 Å². The maximum atomic E-state index is 12.0. The van der Waals surface area contributed by atoms with Crippen molar-refractivity contribution in [2.24, 2.45) is 0 Å². The minimum absolute atomic E-state index is 0.0404. The van der Waals surface area contributed by atoms with Gasteiger partial charge in [-0.2, -0.15) is 0 Å². The minimum Gasteiger partial charge on any atom is -0.480 e. The van der Waals surface area contributed by atoms with Gasteiger partial charge in [-0.05, 0) is 6.07 Å². The normalized spacial score (nSPS) is 17.8. The van der Waals surface area contributed by atoms with E-state index in [0.717, 1.165) is 36.1 Å². The molecule has 1 aliphatic heterocycles. The summed E-state index contributed by atoms with van der Waals surface area (Å²) < 4.78 is 5.30. The van der Waals surface area contributed by atoms with Gasteiger partial charge in [0.1, 0.15) is 6.04 Å². The Hall–Kier alpha value is -1.93. The number of aliphatic hydroxyl groups excluding tert-OH is 1. The summed E-state index contributed by atoms with van der Waals surface area (Å²) in [5, 5.41) is 19.5. The van der Waals surface area contributed by atoms with Crippen LogP contribution in [0.4, 0.5) is 0 Å². The molecular weight excluding hydrogens is 322 g/mol. The second kappa shape index (κ2) is 8.44. The Morgan fingerprint density at radius 1 is 1.20 bits per heavy atom. The smallest absolute Gasteiger partial charge is 0.325 e. The Kier molecular flexibility index (Phi) is 6.04. The van der Waals surface area contributed by atoms with Crippen molar-refractivity contribution in [2.45, 2.75) is 6.04 Å². The number of aromatic amines is 1. The van der Waals surface area contributed by atoms with Crippen LogP contribution in [0.1, 0.15) is 11.6 Å². The predicted molar refractivity (Wildman–Crippen MR) is 94.6 cm³/mol. The van der Waals surface area contributed by atoms with Crippen LogP contribution in [0.2, 0.25) is 0 Å². The minimum atomic E-state index is -0.815. The van der Waals surface area contributed by atoms with Crippen LogP contribution in [-0.2, 0) is 9.53 Å². The van der Waals surface area contributed by atoms with E-state index in [1.54, 1.807) is 0 Å². The van der Waals surface area contributed by atoms with E-state index in [-0.39, 0.29) is 6.61 Å². The molecule has 1 atom stereocenters. The third kappa shape index (κ3) is 4.19. The van der Waals surface area contributed by atoms with Crippen molar-refractivity contribution in [3.63, 3.8) is 0 Å². The van der Waals surface area contributed by atoms with Gasteiger partial charge in [-0.1, -0.05) is 18.2 Å². The lowest BCUT2D eigenvalue weighted by Gasteiger charge is -2.37. The Morgan fingerprint density at radius 2 is 1.96 bits per heavy atom. The molecule has 136 valence electrons. The van der Waals surface area contributed by atoms with Crippen molar-refractivity contribution in [3.05, 3.63) is 36.0 Å². The molecule has 3 N–H and O–H groups in total. The van der Waals surface area contributed by atoms with E-state index in [1.807, 2.05) is 35.4 Å². The number of carboxylic acids is 1. The number of aromatic nitrogens is 1. The molecule has 0 aliphatic carbocycles. The Labute approximate surface area is 146 Å². The van der Waals surface area contributed by atoms with Crippen molar-refractivity contribution in [1.82, 2.24) is 14.8 Å². The van der Waals surface area contributed by atoms with Crippen LogP contribution in [0.5, 0.6) is 0 Å². The molecule has 1 fully saturated rings. The topological polar surface area (TPSA) is 89.0 Å². The Morgan fingerprint density at radius 3 is 2.68 bits per heavy atom. The summed E-state index contributed by atoms with van der Waals surface area (Å²) in [6.07, 6.45) is 1.82. The van der Waals surface area contributed by atoms with Gasteiger partial charge in [0.15, 0.2) is 0 Å². The van der Waals surface area contributed by atoms with Gasteiger partial charge in [0.2, 0.25) is 0 Å². The van der Waals surface area contributed by atoms with E-state index in [2.05, 4.69) is 9.88 Å². The summed E-state index contributed by atoms with van der Waals surface area (Å²) in [7, 11) is 0. The highest BCUT2D eigenvalue weighted by atomic mass is 16.5. The fourth-order valence-corrected chi connectivity index (χ4v) is 3.41. The molecule has 1 unspecified atom stereocenters. The Bertz CT molecular complexity index is 694. The lowest BCUT2D eigenvalue weighted by atomic mass is 10.0. The second-order valence-electron chi connectivity index (χ2n) is 6.24. The molecule has 1 saturated heterocycles. The number of carboxylic acid groups (broad SMARTS) is 1. The SMILES string of the molecule is O=C(O)C(c1c[nH]c2ccccc12)N1CCN(CCOCCO)CC1. The number of ether oxygens (including phenoxy) is 1. The van der Waals surface area contributed by atoms with Gasteiger partial charge in [-0.25, -0.2) is 0 Å². The average Bonchev–Trinajstić information content (AvgIpc) is 3.04. The molecule has 7 nitrogen and oxygen atoms in total. The van der Waals surface area contributed by atoms with Crippen molar-refractivity contribution in [3.8, 4) is 0 Å². The third-order valence-corrected chi connectivity index (χ3v) is 4.71. The molecular formula is C18H25N3O4. The first-order valence-corrected chi connectivity index (χ1v) is 8.64. The second-order valence-corrected chi connectivity index (χ2v) is 6.24. The molecule has 2 aromatic rings. The number of carbonyl (C=O) groups is 1. The molecule has 0 spiro atoms. The fourth-order valence-electron chi connectivity index (χ4n) is 3.41. The maximum Gasteiger partial charge on any atom is 0.325 e.